The number of carbonyl (C=O) groups excluding carboxylic acids is 1. The fraction of sp³-hybridized carbons (Fsp3) is 0.533. The van der Waals surface area contributed by atoms with Crippen LogP contribution in [0.25, 0.3) is 0 Å². The van der Waals surface area contributed by atoms with Gasteiger partial charge >= 0.3 is 12.3 Å². The third-order valence-corrected chi connectivity index (χ3v) is 3.73. The van der Waals surface area contributed by atoms with Gasteiger partial charge in [0.25, 0.3) is 0 Å². The van der Waals surface area contributed by atoms with Crippen LogP contribution in [0.5, 0.6) is 5.88 Å². The number of halogens is 4. The van der Waals surface area contributed by atoms with E-state index >= 15 is 0 Å². The quantitative estimate of drug-likeness (QED) is 0.765. The van der Waals surface area contributed by atoms with E-state index in [9.17, 15) is 22.4 Å². The molecule has 7 nitrogen and oxygen atoms in total. The van der Waals surface area contributed by atoms with Crippen molar-refractivity contribution in [2.75, 3.05) is 11.9 Å². The summed E-state index contributed by atoms with van der Waals surface area (Å²) in [6.07, 6.45) is -3.79. The molecule has 1 aliphatic carbocycles. The minimum absolute atomic E-state index is 0.229. The van der Waals surface area contributed by atoms with Crippen LogP contribution in [0.2, 0.25) is 0 Å². The molecule has 1 amide bonds. The molecule has 3 N–H and O–H groups in total. The Morgan fingerprint density at radius 2 is 2.04 bits per heavy atom. The Balaban J connectivity index is 2.05. The molecule has 0 bridgehead atoms. The van der Waals surface area contributed by atoms with Crippen LogP contribution in [0.15, 0.2) is 6.07 Å². The van der Waals surface area contributed by atoms with Crippen LogP contribution in [0.4, 0.5) is 28.2 Å². The molecule has 1 aromatic rings. The Kier molecular flexibility index (Phi) is 6.07. The number of rotatable bonds is 5. The van der Waals surface area contributed by atoms with E-state index < -0.39 is 36.1 Å². The SMILES string of the molecule is N#Cc1cc(F)c(N[C@H]2CC[C@H](OC(N)=O)CC2)nc1OCC(F)(F)F. The number of primary amides is 1. The second kappa shape index (κ2) is 8.07. The molecule has 1 aromatic heterocycles. The van der Waals surface area contributed by atoms with Gasteiger partial charge in [0, 0.05) is 12.1 Å². The van der Waals surface area contributed by atoms with E-state index in [2.05, 4.69) is 15.0 Å². The number of aromatic nitrogens is 1. The summed E-state index contributed by atoms with van der Waals surface area (Å²) in [5.41, 5.74) is 4.51. The van der Waals surface area contributed by atoms with Crippen molar-refractivity contribution in [2.45, 2.75) is 44.0 Å². The van der Waals surface area contributed by atoms with Crippen molar-refractivity contribution in [1.82, 2.24) is 4.98 Å². The molecule has 26 heavy (non-hydrogen) atoms. The Hall–Kier alpha value is -2.77. The van der Waals surface area contributed by atoms with Gasteiger partial charge in [-0.05, 0) is 25.7 Å². The zero-order valence-electron chi connectivity index (χ0n) is 13.5. The number of pyridine rings is 1. The smallest absolute Gasteiger partial charge is 0.422 e. The number of hydrogen-bond acceptors (Lipinski definition) is 6. The lowest BCUT2D eigenvalue weighted by molar-refractivity contribution is -0.154. The van der Waals surface area contributed by atoms with E-state index in [4.69, 9.17) is 15.7 Å². The summed E-state index contributed by atoms with van der Waals surface area (Å²) in [5.74, 6) is -1.78. The highest BCUT2D eigenvalue weighted by Gasteiger charge is 2.30. The van der Waals surface area contributed by atoms with Crippen molar-refractivity contribution < 1.29 is 31.8 Å². The first-order valence-corrected chi connectivity index (χ1v) is 7.70. The van der Waals surface area contributed by atoms with Crippen molar-refractivity contribution in [3.63, 3.8) is 0 Å². The molecule has 2 rings (SSSR count). The highest BCUT2D eigenvalue weighted by molar-refractivity contribution is 5.64. The van der Waals surface area contributed by atoms with Crippen LogP contribution in [0.3, 0.4) is 0 Å². The number of amides is 1. The number of hydrogen-bond donors (Lipinski definition) is 2. The van der Waals surface area contributed by atoms with Crippen molar-refractivity contribution >= 4 is 11.9 Å². The number of alkyl halides is 3. The van der Waals surface area contributed by atoms with Gasteiger partial charge in [-0.25, -0.2) is 9.18 Å². The van der Waals surface area contributed by atoms with Crippen molar-refractivity contribution in [3.05, 3.63) is 17.4 Å². The lowest BCUT2D eigenvalue weighted by Crippen LogP contribution is -2.32. The first kappa shape index (κ1) is 19.6. The summed E-state index contributed by atoms with van der Waals surface area (Å²) < 4.78 is 60.3. The third-order valence-electron chi connectivity index (χ3n) is 3.73. The van der Waals surface area contributed by atoms with E-state index in [1.54, 1.807) is 6.07 Å². The molecule has 0 aliphatic heterocycles. The molecule has 0 spiro atoms. The molecule has 1 fully saturated rings. The van der Waals surface area contributed by atoms with Gasteiger partial charge in [0.15, 0.2) is 18.2 Å². The number of ether oxygens (including phenoxy) is 2. The number of nitrogens with two attached hydrogens (primary N) is 1. The van der Waals surface area contributed by atoms with Gasteiger partial charge < -0.3 is 20.5 Å². The lowest BCUT2D eigenvalue weighted by Gasteiger charge is -2.28. The van der Waals surface area contributed by atoms with Crippen LogP contribution in [0, 0.1) is 17.1 Å². The molecule has 0 radical (unpaired) electrons. The summed E-state index contributed by atoms with van der Waals surface area (Å²) in [4.78, 5) is 14.4. The largest absolute Gasteiger partial charge is 0.467 e. The van der Waals surface area contributed by atoms with E-state index in [0.717, 1.165) is 6.07 Å². The molecule has 0 aromatic carbocycles. The Morgan fingerprint density at radius 1 is 1.38 bits per heavy atom. The average Bonchev–Trinajstić information content (AvgIpc) is 2.55. The molecule has 1 heterocycles. The van der Waals surface area contributed by atoms with E-state index in [-0.39, 0.29) is 18.0 Å². The summed E-state index contributed by atoms with van der Waals surface area (Å²) in [5, 5.41) is 11.7. The Labute approximate surface area is 146 Å². The maximum absolute atomic E-state index is 14.1. The minimum Gasteiger partial charge on any atom is -0.467 e. The monoisotopic (exact) mass is 376 g/mol. The fourth-order valence-electron chi connectivity index (χ4n) is 2.60. The Morgan fingerprint density at radius 3 is 2.58 bits per heavy atom. The van der Waals surface area contributed by atoms with Crippen molar-refractivity contribution in [2.24, 2.45) is 5.73 Å². The van der Waals surface area contributed by atoms with Crippen LogP contribution in [-0.4, -0.2) is 36.0 Å². The summed E-state index contributed by atoms with van der Waals surface area (Å²) in [6.45, 7) is -1.64. The molecule has 0 atom stereocenters. The van der Waals surface area contributed by atoms with Crippen molar-refractivity contribution in [3.8, 4) is 11.9 Å². The van der Waals surface area contributed by atoms with Crippen LogP contribution >= 0.6 is 0 Å². The minimum atomic E-state index is -4.62. The number of nitriles is 1. The maximum Gasteiger partial charge on any atom is 0.422 e. The van der Waals surface area contributed by atoms with Crippen LogP contribution < -0.4 is 15.8 Å². The summed E-state index contributed by atoms with van der Waals surface area (Å²) >= 11 is 0. The van der Waals surface area contributed by atoms with Gasteiger partial charge in [-0.3, -0.25) is 0 Å². The molecule has 11 heteroatoms. The third kappa shape index (κ3) is 5.65. The van der Waals surface area contributed by atoms with Crippen molar-refractivity contribution in [1.29, 1.82) is 5.26 Å². The Bertz CT molecular complexity index is 697. The summed E-state index contributed by atoms with van der Waals surface area (Å²) in [7, 11) is 0. The van der Waals surface area contributed by atoms with E-state index in [1.807, 2.05) is 0 Å². The van der Waals surface area contributed by atoms with E-state index in [0.29, 0.717) is 25.7 Å². The molecule has 1 saturated carbocycles. The molecular formula is C15H16F4N4O3. The first-order chi connectivity index (χ1) is 12.2. The normalized spacial score (nSPS) is 20.1. The second-order valence-electron chi connectivity index (χ2n) is 5.74. The predicted octanol–water partition coefficient (Wildman–Crippen LogP) is 2.85. The number of nitrogens with one attached hydrogen (secondary N) is 1. The van der Waals surface area contributed by atoms with Gasteiger partial charge in [0.1, 0.15) is 17.7 Å². The highest BCUT2D eigenvalue weighted by Crippen LogP contribution is 2.28. The van der Waals surface area contributed by atoms with Gasteiger partial charge in [-0.15, -0.1) is 0 Å². The standard InChI is InChI=1S/C15H16F4N4O3/c16-11-5-8(6-20)13(25-7-15(17,18)19)23-12(11)22-9-1-3-10(4-2-9)26-14(21)24/h5,9-10H,1-4,7H2,(H2,21,24)(H,22,23)/t9-,10-. The number of anilines is 1. The fourth-order valence-corrected chi connectivity index (χ4v) is 2.60. The van der Waals surface area contributed by atoms with Gasteiger partial charge in [0.2, 0.25) is 5.88 Å². The zero-order valence-corrected chi connectivity index (χ0v) is 13.5. The first-order valence-electron chi connectivity index (χ1n) is 7.70. The average molecular weight is 376 g/mol. The van der Waals surface area contributed by atoms with Gasteiger partial charge in [0.05, 0.1) is 0 Å². The molecule has 0 unspecified atom stereocenters. The second-order valence-corrected chi connectivity index (χ2v) is 5.74. The number of nitrogens with zero attached hydrogens (tertiary/aromatic N) is 2. The number of carbonyl (C=O) groups is 1. The lowest BCUT2D eigenvalue weighted by atomic mass is 9.93. The van der Waals surface area contributed by atoms with Crippen LogP contribution in [0.1, 0.15) is 31.2 Å². The van der Waals surface area contributed by atoms with Gasteiger partial charge in [-0.2, -0.15) is 23.4 Å². The zero-order chi connectivity index (χ0) is 19.3. The van der Waals surface area contributed by atoms with Crippen LogP contribution in [-0.2, 0) is 4.74 Å². The van der Waals surface area contributed by atoms with Gasteiger partial charge in [-0.1, -0.05) is 0 Å². The summed E-state index contributed by atoms with van der Waals surface area (Å²) in [6, 6.07) is 2.08. The maximum atomic E-state index is 14.1. The topological polar surface area (TPSA) is 110 Å². The molecule has 142 valence electrons. The predicted molar refractivity (Wildman–Crippen MR) is 80.8 cm³/mol. The molecular weight excluding hydrogens is 360 g/mol. The molecule has 1 aliphatic rings. The van der Waals surface area contributed by atoms with E-state index in [1.165, 1.54) is 0 Å². The molecule has 0 saturated heterocycles. The highest BCUT2D eigenvalue weighted by atomic mass is 19.4.